The highest BCUT2D eigenvalue weighted by Crippen LogP contribution is 2.22. The van der Waals surface area contributed by atoms with E-state index in [4.69, 9.17) is 0 Å². The van der Waals surface area contributed by atoms with Crippen molar-refractivity contribution in [1.82, 2.24) is 15.5 Å². The number of hydrogen-bond donors (Lipinski definition) is 2. The molecule has 1 aromatic heterocycles. The molecule has 1 saturated heterocycles. The van der Waals surface area contributed by atoms with Gasteiger partial charge >= 0.3 is 0 Å². The van der Waals surface area contributed by atoms with Gasteiger partial charge in [0.25, 0.3) is 11.5 Å². The molecule has 0 bridgehead atoms. The number of nitrogens with zero attached hydrogens (tertiary/aromatic N) is 2. The van der Waals surface area contributed by atoms with Gasteiger partial charge in [-0.25, -0.2) is 5.10 Å². The summed E-state index contributed by atoms with van der Waals surface area (Å²) in [6.07, 6.45) is 1.90. The van der Waals surface area contributed by atoms with Crippen LogP contribution in [0.25, 0.3) is 0 Å². The maximum absolute atomic E-state index is 12.6. The first-order valence-corrected chi connectivity index (χ1v) is 9.47. The number of H-pyrrole nitrogens is 1. The summed E-state index contributed by atoms with van der Waals surface area (Å²) in [6.45, 7) is 8.03. The molecule has 7 heteroatoms. The average Bonchev–Trinajstić information content (AvgIpc) is 2.63. The number of aromatic nitrogens is 2. The van der Waals surface area contributed by atoms with Crippen LogP contribution >= 0.6 is 0 Å². The van der Waals surface area contributed by atoms with Crippen molar-refractivity contribution in [3.63, 3.8) is 0 Å². The van der Waals surface area contributed by atoms with Gasteiger partial charge in [0.2, 0.25) is 0 Å². The molecule has 1 amide bonds. The first-order chi connectivity index (χ1) is 12.7. The predicted molar refractivity (Wildman–Crippen MR) is 111 cm³/mol. The number of benzene rings is 1. The van der Waals surface area contributed by atoms with Crippen molar-refractivity contribution in [2.45, 2.75) is 45.1 Å². The van der Waals surface area contributed by atoms with E-state index in [1.54, 1.807) is 13.9 Å². The molecule has 3 rings (SSSR count). The molecule has 0 spiro atoms. The number of amides is 1. The third kappa shape index (κ3) is 4.59. The van der Waals surface area contributed by atoms with E-state index in [0.29, 0.717) is 17.6 Å². The molecule has 0 aliphatic carbocycles. The lowest BCUT2D eigenvalue weighted by molar-refractivity contribution is 0.0933. The van der Waals surface area contributed by atoms with Crippen LogP contribution in [0.3, 0.4) is 0 Å². The number of anilines is 1. The molecule has 2 N–H and O–H groups in total. The number of rotatable bonds is 3. The Labute approximate surface area is 160 Å². The minimum Gasteiger partial charge on any atom is -0.353 e. The minimum absolute atomic E-state index is 0.0482. The molecule has 0 radical (unpaired) electrons. The van der Waals surface area contributed by atoms with Gasteiger partial charge in [0.15, 0.2) is 0 Å². The molecule has 142 valence electrons. The SMILES string of the molecule is Bc1cc(N2CCCC(NC(=O)c3ccc(C(C)(C)C)cc3)C2)n[nH]c1=O. The number of piperidine rings is 1. The zero-order chi connectivity index (χ0) is 19.6. The summed E-state index contributed by atoms with van der Waals surface area (Å²) < 4.78 is 0. The largest absolute Gasteiger partial charge is 0.353 e. The van der Waals surface area contributed by atoms with Gasteiger partial charge in [0.05, 0.1) is 0 Å². The smallest absolute Gasteiger partial charge is 0.257 e. The first-order valence-electron chi connectivity index (χ1n) is 9.47. The van der Waals surface area contributed by atoms with Gasteiger partial charge in [-0.15, -0.1) is 0 Å². The normalized spacial score (nSPS) is 17.6. The second kappa shape index (κ2) is 7.58. The third-order valence-electron chi connectivity index (χ3n) is 5.07. The van der Waals surface area contributed by atoms with Crippen molar-refractivity contribution in [1.29, 1.82) is 0 Å². The highest BCUT2D eigenvalue weighted by atomic mass is 16.1. The van der Waals surface area contributed by atoms with E-state index in [1.807, 2.05) is 24.3 Å². The van der Waals surface area contributed by atoms with Gasteiger partial charge < -0.3 is 10.2 Å². The second-order valence-corrected chi connectivity index (χ2v) is 8.32. The Morgan fingerprint density at radius 2 is 2.00 bits per heavy atom. The summed E-state index contributed by atoms with van der Waals surface area (Å²) >= 11 is 0. The van der Waals surface area contributed by atoms with E-state index in [0.717, 1.165) is 25.2 Å². The monoisotopic (exact) mass is 366 g/mol. The summed E-state index contributed by atoms with van der Waals surface area (Å²) in [7, 11) is 1.77. The quantitative estimate of drug-likeness (QED) is 0.785. The van der Waals surface area contributed by atoms with Crippen molar-refractivity contribution in [3.8, 4) is 0 Å². The molecule has 1 fully saturated rings. The molecule has 1 unspecified atom stereocenters. The Morgan fingerprint density at radius 3 is 2.63 bits per heavy atom. The number of aromatic amines is 1. The van der Waals surface area contributed by atoms with Crippen LogP contribution in [0.2, 0.25) is 0 Å². The van der Waals surface area contributed by atoms with E-state index in [-0.39, 0.29) is 22.9 Å². The fraction of sp³-hybridized carbons (Fsp3) is 0.450. The van der Waals surface area contributed by atoms with Crippen LogP contribution in [-0.4, -0.2) is 43.1 Å². The Morgan fingerprint density at radius 1 is 1.30 bits per heavy atom. The topological polar surface area (TPSA) is 78.1 Å². The number of nitrogens with one attached hydrogen (secondary N) is 2. The van der Waals surface area contributed by atoms with Gasteiger partial charge in [-0.1, -0.05) is 32.9 Å². The Balaban J connectivity index is 1.65. The highest BCUT2D eigenvalue weighted by Gasteiger charge is 2.23. The maximum atomic E-state index is 12.6. The third-order valence-corrected chi connectivity index (χ3v) is 5.07. The van der Waals surface area contributed by atoms with Crippen LogP contribution in [0.15, 0.2) is 35.1 Å². The van der Waals surface area contributed by atoms with Crippen LogP contribution < -0.4 is 21.2 Å². The number of hydrogen-bond acceptors (Lipinski definition) is 4. The van der Waals surface area contributed by atoms with Crippen LogP contribution in [0.5, 0.6) is 0 Å². The second-order valence-electron chi connectivity index (χ2n) is 8.32. The number of carbonyl (C=O) groups excluding carboxylic acids is 1. The van der Waals surface area contributed by atoms with Gasteiger partial charge in [-0.3, -0.25) is 9.59 Å². The average molecular weight is 366 g/mol. The van der Waals surface area contributed by atoms with E-state index >= 15 is 0 Å². The van der Waals surface area contributed by atoms with E-state index in [9.17, 15) is 9.59 Å². The minimum atomic E-state index is -0.167. The van der Waals surface area contributed by atoms with Crippen LogP contribution in [0, 0.1) is 0 Å². The van der Waals surface area contributed by atoms with Crippen molar-refractivity contribution < 1.29 is 4.79 Å². The van der Waals surface area contributed by atoms with Gasteiger partial charge in [0, 0.05) is 24.7 Å². The molecule has 2 aromatic rings. The molecule has 1 aliphatic heterocycles. The lowest BCUT2D eigenvalue weighted by Gasteiger charge is -2.33. The van der Waals surface area contributed by atoms with Gasteiger partial charge in [0.1, 0.15) is 13.7 Å². The molecule has 1 atom stereocenters. The van der Waals surface area contributed by atoms with Crippen molar-refractivity contribution in [3.05, 3.63) is 51.8 Å². The molecule has 1 aliphatic rings. The lowest BCUT2D eigenvalue weighted by Crippen LogP contribution is -2.48. The Bertz CT molecular complexity index is 871. The Hall–Kier alpha value is -2.57. The van der Waals surface area contributed by atoms with Crippen LogP contribution in [0.1, 0.15) is 49.5 Å². The zero-order valence-corrected chi connectivity index (χ0v) is 16.5. The molecule has 1 aromatic carbocycles. The van der Waals surface area contributed by atoms with E-state index in [2.05, 4.69) is 41.2 Å². The van der Waals surface area contributed by atoms with Gasteiger partial charge in [-0.05, 0) is 47.5 Å². The fourth-order valence-electron chi connectivity index (χ4n) is 3.34. The van der Waals surface area contributed by atoms with Crippen molar-refractivity contribution in [2.75, 3.05) is 18.0 Å². The predicted octanol–water partition coefficient (Wildman–Crippen LogP) is 0.725. The fourth-order valence-corrected chi connectivity index (χ4v) is 3.34. The highest BCUT2D eigenvalue weighted by molar-refractivity contribution is 6.32. The number of carbonyl (C=O) groups is 1. The molecule has 6 nitrogen and oxygen atoms in total. The standard InChI is InChI=1S/C20H27BN4O2/c1-20(2,3)14-8-6-13(7-9-14)18(26)22-15-5-4-10-25(12-15)17-11-16(21)19(27)24-23-17/h6-9,11,15H,4-5,10,12,21H2,1-3H3,(H,22,26)(H,24,27). The van der Waals surface area contributed by atoms with Crippen molar-refractivity contribution in [2.24, 2.45) is 0 Å². The molecule has 0 saturated carbocycles. The summed E-state index contributed by atoms with van der Waals surface area (Å²) in [5, 5.41) is 9.81. The molecular weight excluding hydrogens is 339 g/mol. The van der Waals surface area contributed by atoms with Gasteiger partial charge in [-0.2, -0.15) is 5.10 Å². The summed E-state index contributed by atoms with van der Waals surface area (Å²) in [4.78, 5) is 26.2. The lowest BCUT2D eigenvalue weighted by atomic mass is 9.86. The maximum Gasteiger partial charge on any atom is 0.257 e. The van der Waals surface area contributed by atoms with Crippen LogP contribution in [-0.2, 0) is 5.41 Å². The summed E-state index contributed by atoms with van der Waals surface area (Å²) in [5.41, 5.74) is 2.44. The summed E-state index contributed by atoms with van der Waals surface area (Å²) in [6, 6.07) is 9.69. The van der Waals surface area contributed by atoms with Crippen molar-refractivity contribution >= 4 is 25.0 Å². The van der Waals surface area contributed by atoms with E-state index in [1.165, 1.54) is 5.56 Å². The zero-order valence-electron chi connectivity index (χ0n) is 16.5. The first kappa shape index (κ1) is 19.2. The molecule has 27 heavy (non-hydrogen) atoms. The molecule has 2 heterocycles. The van der Waals surface area contributed by atoms with E-state index < -0.39 is 0 Å². The van der Waals surface area contributed by atoms with Crippen LogP contribution in [0.4, 0.5) is 5.82 Å². The Kier molecular flexibility index (Phi) is 5.39. The summed E-state index contributed by atoms with van der Waals surface area (Å²) in [5.74, 6) is 0.702. The molecular formula is C20H27BN4O2.